The van der Waals surface area contributed by atoms with E-state index in [4.69, 9.17) is 15.6 Å². The van der Waals surface area contributed by atoms with Crippen molar-refractivity contribution in [3.05, 3.63) is 108 Å². The lowest BCUT2D eigenvalue weighted by atomic mass is 9.92. The van der Waals surface area contributed by atoms with E-state index in [0.29, 0.717) is 11.5 Å². The maximum atomic E-state index is 13.3. The minimum atomic E-state index is -0.568. The Kier molecular flexibility index (Phi) is 8.25. The summed E-state index contributed by atoms with van der Waals surface area (Å²) >= 11 is 0. The summed E-state index contributed by atoms with van der Waals surface area (Å²) in [5.41, 5.74) is 13.1. The van der Waals surface area contributed by atoms with Crippen LogP contribution >= 0.6 is 0 Å². The Hall–Kier alpha value is -4.46. The number of aromatic nitrogens is 2. The van der Waals surface area contributed by atoms with E-state index < -0.39 is 6.03 Å². The van der Waals surface area contributed by atoms with Crippen molar-refractivity contribution in [2.45, 2.75) is 39.5 Å². The number of hydrogen-bond donors (Lipinski definition) is 1. The average Bonchev–Trinajstić information content (AvgIpc) is 3.47. The van der Waals surface area contributed by atoms with Crippen molar-refractivity contribution in [1.82, 2.24) is 14.7 Å². The number of carbonyl (C=O) groups is 1. The zero-order valence-corrected chi connectivity index (χ0v) is 26.1. The second kappa shape index (κ2) is 12.3. The number of nitrogens with two attached hydrogens (primary N) is 1. The van der Waals surface area contributed by atoms with Crippen LogP contribution in [-0.2, 0) is 16.6 Å². The van der Waals surface area contributed by atoms with E-state index in [9.17, 15) is 4.79 Å². The number of anilines is 2. The Bertz CT molecular complexity index is 1760. The number of rotatable bonds is 7. The normalized spacial score (nSPS) is 14.2. The van der Waals surface area contributed by atoms with Gasteiger partial charge in [-0.05, 0) is 53.6 Å². The van der Waals surface area contributed by atoms with Gasteiger partial charge in [-0.25, -0.2) is 14.4 Å². The lowest BCUT2D eigenvalue weighted by Crippen LogP contribution is -2.37. The Morgan fingerprint density at radius 3 is 2.25 bits per heavy atom. The Labute approximate surface area is 259 Å². The molecule has 0 bridgehead atoms. The van der Waals surface area contributed by atoms with Crippen LogP contribution in [-0.4, -0.2) is 53.6 Å². The maximum Gasteiger partial charge on any atom is 0.325 e. The molecule has 0 saturated carbocycles. The van der Waals surface area contributed by atoms with Crippen molar-refractivity contribution in [3.8, 4) is 16.8 Å². The molecule has 7 nitrogen and oxygen atoms in total. The summed E-state index contributed by atoms with van der Waals surface area (Å²) in [5, 5.41) is 6.96. The van der Waals surface area contributed by atoms with Crippen LogP contribution in [0, 0.1) is 6.92 Å². The van der Waals surface area contributed by atoms with Crippen LogP contribution < -0.4 is 10.6 Å². The molecule has 5 aromatic rings. The van der Waals surface area contributed by atoms with E-state index in [0.717, 1.165) is 78.1 Å². The molecule has 0 unspecified atom stereocenters. The zero-order valence-electron chi connectivity index (χ0n) is 26.1. The van der Waals surface area contributed by atoms with Gasteiger partial charge >= 0.3 is 6.03 Å². The summed E-state index contributed by atoms with van der Waals surface area (Å²) in [6.07, 6.45) is 1.01. The molecule has 6 rings (SSSR count). The number of hydrogen-bond acceptors (Lipinski definition) is 4. The fraction of sp³-hybridized carbons (Fsp3) is 0.297. The van der Waals surface area contributed by atoms with E-state index in [1.54, 1.807) is 4.90 Å². The van der Waals surface area contributed by atoms with Gasteiger partial charge in [0, 0.05) is 36.5 Å². The van der Waals surface area contributed by atoms with Crippen molar-refractivity contribution in [2.24, 2.45) is 5.73 Å². The number of urea groups is 1. The Morgan fingerprint density at radius 2 is 1.59 bits per heavy atom. The number of amides is 2. The van der Waals surface area contributed by atoms with Gasteiger partial charge in [0.15, 0.2) is 0 Å². The van der Waals surface area contributed by atoms with Crippen LogP contribution in [0.5, 0.6) is 0 Å². The summed E-state index contributed by atoms with van der Waals surface area (Å²) in [5.74, 6) is 0.605. The minimum absolute atomic E-state index is 0.228. The number of nitrogens with zero attached hydrogens (tertiary/aromatic N) is 4. The number of carbonyl (C=O) groups excluding carboxylic acids is 1. The van der Waals surface area contributed by atoms with Crippen molar-refractivity contribution in [1.29, 1.82) is 0 Å². The zero-order chi connectivity index (χ0) is 30.8. The smallest absolute Gasteiger partial charge is 0.325 e. The third-order valence-corrected chi connectivity index (χ3v) is 8.41. The van der Waals surface area contributed by atoms with E-state index >= 15 is 0 Å². The number of benzene rings is 4. The molecule has 44 heavy (non-hydrogen) atoms. The predicted molar refractivity (Wildman–Crippen MR) is 179 cm³/mol. The van der Waals surface area contributed by atoms with Gasteiger partial charge < -0.3 is 10.5 Å². The van der Waals surface area contributed by atoms with Crippen LogP contribution in [0.2, 0.25) is 0 Å². The van der Waals surface area contributed by atoms with Gasteiger partial charge in [-0.2, -0.15) is 5.10 Å². The highest BCUT2D eigenvalue weighted by Crippen LogP contribution is 2.39. The first-order valence-electron chi connectivity index (χ1n) is 15.4. The van der Waals surface area contributed by atoms with Gasteiger partial charge in [-0.1, -0.05) is 93.1 Å². The first-order chi connectivity index (χ1) is 21.2. The first-order valence-corrected chi connectivity index (χ1v) is 15.4. The van der Waals surface area contributed by atoms with Crippen LogP contribution in [0.3, 0.4) is 0 Å². The minimum Gasteiger partial charge on any atom is -0.379 e. The van der Waals surface area contributed by atoms with Gasteiger partial charge in [0.25, 0.3) is 0 Å². The molecule has 7 heteroatoms. The average molecular weight is 588 g/mol. The summed E-state index contributed by atoms with van der Waals surface area (Å²) in [6.45, 7) is 13.1. The van der Waals surface area contributed by atoms with Crippen LogP contribution in [0.4, 0.5) is 16.3 Å². The highest BCUT2D eigenvalue weighted by molar-refractivity contribution is 6.10. The lowest BCUT2D eigenvalue weighted by Gasteiger charge is -2.26. The molecule has 0 radical (unpaired) electrons. The molecular formula is C37H41N5O2. The number of ether oxygens (including phenoxy) is 1. The van der Waals surface area contributed by atoms with E-state index in [1.165, 1.54) is 5.56 Å². The Morgan fingerprint density at radius 1 is 0.909 bits per heavy atom. The number of aryl methyl sites for hydroxylation is 1. The van der Waals surface area contributed by atoms with E-state index in [-0.39, 0.29) is 5.41 Å². The van der Waals surface area contributed by atoms with Gasteiger partial charge in [-0.3, -0.25) is 4.90 Å². The van der Waals surface area contributed by atoms with Crippen molar-refractivity contribution < 1.29 is 9.53 Å². The van der Waals surface area contributed by atoms with Crippen molar-refractivity contribution >= 4 is 28.3 Å². The molecular weight excluding hydrogens is 546 g/mol. The summed E-state index contributed by atoms with van der Waals surface area (Å²) < 4.78 is 7.31. The first kappa shape index (κ1) is 29.6. The molecule has 0 spiro atoms. The molecule has 2 amide bonds. The molecule has 2 N–H and O–H groups in total. The second-order valence-electron chi connectivity index (χ2n) is 12.6. The van der Waals surface area contributed by atoms with Crippen LogP contribution in [0.1, 0.15) is 37.6 Å². The molecule has 2 heterocycles. The topological polar surface area (TPSA) is 76.6 Å². The highest BCUT2D eigenvalue weighted by Gasteiger charge is 2.28. The molecule has 0 atom stereocenters. The monoisotopic (exact) mass is 587 g/mol. The van der Waals surface area contributed by atoms with Crippen molar-refractivity contribution in [3.63, 3.8) is 0 Å². The fourth-order valence-corrected chi connectivity index (χ4v) is 5.82. The summed E-state index contributed by atoms with van der Waals surface area (Å²) in [7, 11) is 0. The van der Waals surface area contributed by atoms with Gasteiger partial charge in [-0.15, -0.1) is 0 Å². The fourth-order valence-electron chi connectivity index (χ4n) is 5.82. The van der Waals surface area contributed by atoms with E-state index in [1.807, 2.05) is 53.2 Å². The number of fused-ring (bicyclic) bond motifs is 1. The Balaban J connectivity index is 1.39. The number of morpholine rings is 1. The molecule has 4 aromatic carbocycles. The maximum absolute atomic E-state index is 13.3. The molecule has 1 aliphatic heterocycles. The third-order valence-electron chi connectivity index (χ3n) is 8.41. The molecule has 1 saturated heterocycles. The lowest BCUT2D eigenvalue weighted by molar-refractivity contribution is 0.0384. The summed E-state index contributed by atoms with van der Waals surface area (Å²) in [6, 6.07) is 30.7. The highest BCUT2D eigenvalue weighted by atomic mass is 16.5. The molecule has 226 valence electrons. The quantitative estimate of drug-likeness (QED) is 0.215. The molecule has 1 aromatic heterocycles. The van der Waals surface area contributed by atoms with Gasteiger partial charge in [0.1, 0.15) is 5.82 Å². The second-order valence-corrected chi connectivity index (χ2v) is 12.6. The van der Waals surface area contributed by atoms with Crippen molar-refractivity contribution in [2.75, 3.05) is 37.7 Å². The third kappa shape index (κ3) is 6.11. The van der Waals surface area contributed by atoms with Gasteiger partial charge in [0.2, 0.25) is 0 Å². The molecule has 1 fully saturated rings. The molecule has 0 aliphatic carbocycles. The summed E-state index contributed by atoms with van der Waals surface area (Å²) in [4.78, 5) is 17.4. The predicted octanol–water partition coefficient (Wildman–Crippen LogP) is 7.39. The number of primary amides is 1. The molecule has 1 aliphatic rings. The van der Waals surface area contributed by atoms with E-state index in [2.05, 4.69) is 75.1 Å². The standard InChI is InChI=1S/C37H41N5O2/c1-26-9-15-29(16-10-26)42-35(25-34(39-42)37(2,3)4)41(36(38)43)33-18-17-30(31-7-5-6-8-32(31)33)28-13-11-27(12-14-28)19-20-40-21-23-44-24-22-40/h5-18,25H,19-24H2,1-4H3,(H2,38,43). The van der Waals surface area contributed by atoms with Crippen LogP contribution in [0.15, 0.2) is 91.0 Å². The largest absolute Gasteiger partial charge is 0.379 e. The SMILES string of the molecule is Cc1ccc(-n2nc(C(C)(C)C)cc2N(C(N)=O)c2ccc(-c3ccc(CCN4CCOCC4)cc3)c3ccccc23)cc1. The van der Waals surface area contributed by atoms with Crippen LogP contribution in [0.25, 0.3) is 27.6 Å². The van der Waals surface area contributed by atoms with Gasteiger partial charge in [0.05, 0.1) is 30.3 Å².